The standard InChI is InChI=1S/C11H18GeO/c1-5-13-11-8-6-10(7-9-11)12(2,3)4/h6-9H,5H2,1-4H3. The summed E-state index contributed by atoms with van der Waals surface area (Å²) in [6, 6.07) is 8.58. The third-order valence-corrected chi connectivity index (χ3v) is 6.36. The molecule has 0 spiro atoms. The van der Waals surface area contributed by atoms with Crippen LogP contribution in [0, 0.1) is 0 Å². The zero-order valence-electron chi connectivity index (χ0n) is 8.92. The van der Waals surface area contributed by atoms with Crippen molar-refractivity contribution < 1.29 is 4.74 Å². The molecule has 0 bridgehead atoms. The molecule has 1 rings (SSSR count). The van der Waals surface area contributed by atoms with E-state index in [1.807, 2.05) is 6.92 Å². The van der Waals surface area contributed by atoms with Crippen molar-refractivity contribution in [1.82, 2.24) is 0 Å². The van der Waals surface area contributed by atoms with Crippen LogP contribution in [0.2, 0.25) is 17.3 Å². The van der Waals surface area contributed by atoms with E-state index in [0.717, 1.165) is 12.4 Å². The number of hydrogen-bond acceptors (Lipinski definition) is 1. The van der Waals surface area contributed by atoms with Crippen LogP contribution in [0.4, 0.5) is 0 Å². The molecular weight excluding hydrogens is 221 g/mol. The maximum atomic E-state index is 5.39. The van der Waals surface area contributed by atoms with Crippen molar-refractivity contribution in [2.45, 2.75) is 24.2 Å². The third-order valence-electron chi connectivity index (χ3n) is 2.03. The van der Waals surface area contributed by atoms with Gasteiger partial charge in [-0.1, -0.05) is 0 Å². The van der Waals surface area contributed by atoms with Crippen molar-refractivity contribution >= 4 is 17.7 Å². The first-order valence-electron chi connectivity index (χ1n) is 4.77. The normalized spacial score (nSPS) is 11.4. The zero-order chi connectivity index (χ0) is 9.90. The van der Waals surface area contributed by atoms with E-state index in [2.05, 4.69) is 41.5 Å². The van der Waals surface area contributed by atoms with Crippen LogP contribution in [0.25, 0.3) is 0 Å². The molecular formula is C11H18GeO. The Labute approximate surface area is 83.5 Å². The van der Waals surface area contributed by atoms with E-state index in [0.29, 0.717) is 0 Å². The van der Waals surface area contributed by atoms with Crippen LogP contribution in [0.1, 0.15) is 6.92 Å². The minimum atomic E-state index is -1.61. The van der Waals surface area contributed by atoms with Gasteiger partial charge in [0.25, 0.3) is 0 Å². The van der Waals surface area contributed by atoms with Crippen molar-refractivity contribution in [3.63, 3.8) is 0 Å². The molecule has 0 radical (unpaired) electrons. The fraction of sp³-hybridized carbons (Fsp3) is 0.455. The van der Waals surface area contributed by atoms with Crippen LogP contribution in [-0.2, 0) is 0 Å². The third kappa shape index (κ3) is 3.07. The predicted octanol–water partition coefficient (Wildman–Crippen LogP) is 2.63. The number of benzene rings is 1. The van der Waals surface area contributed by atoms with Gasteiger partial charge in [-0.2, -0.15) is 0 Å². The van der Waals surface area contributed by atoms with Gasteiger partial charge in [-0.25, -0.2) is 0 Å². The second kappa shape index (κ2) is 4.18. The van der Waals surface area contributed by atoms with Crippen LogP contribution >= 0.6 is 0 Å². The summed E-state index contributed by atoms with van der Waals surface area (Å²) in [7, 11) is 0. The first-order valence-corrected chi connectivity index (χ1v) is 12.1. The van der Waals surface area contributed by atoms with Gasteiger partial charge in [0.05, 0.1) is 0 Å². The van der Waals surface area contributed by atoms with Crippen LogP contribution in [0.5, 0.6) is 5.75 Å². The molecule has 0 unspecified atom stereocenters. The quantitative estimate of drug-likeness (QED) is 0.736. The van der Waals surface area contributed by atoms with Crippen molar-refractivity contribution in [3.05, 3.63) is 24.3 Å². The molecule has 1 nitrogen and oxygen atoms in total. The van der Waals surface area contributed by atoms with Crippen LogP contribution in [0.3, 0.4) is 0 Å². The number of hydrogen-bond donors (Lipinski definition) is 0. The Morgan fingerprint density at radius 2 is 1.62 bits per heavy atom. The van der Waals surface area contributed by atoms with Crippen molar-refractivity contribution in [3.8, 4) is 5.75 Å². The minimum absolute atomic E-state index is 0.746. The molecule has 0 aliphatic carbocycles. The van der Waals surface area contributed by atoms with Crippen LogP contribution < -0.4 is 9.13 Å². The summed E-state index contributed by atoms with van der Waals surface area (Å²) in [4.78, 5) is 0. The molecule has 0 heterocycles. The van der Waals surface area contributed by atoms with Gasteiger partial charge in [0.1, 0.15) is 0 Å². The molecule has 2 heteroatoms. The molecule has 72 valence electrons. The Morgan fingerprint density at radius 1 is 1.08 bits per heavy atom. The Bertz CT molecular complexity index is 258. The predicted molar refractivity (Wildman–Crippen MR) is 60.6 cm³/mol. The monoisotopic (exact) mass is 240 g/mol. The van der Waals surface area contributed by atoms with Crippen LogP contribution in [0.15, 0.2) is 24.3 Å². The van der Waals surface area contributed by atoms with Gasteiger partial charge in [0.15, 0.2) is 0 Å². The first kappa shape index (κ1) is 10.6. The van der Waals surface area contributed by atoms with Gasteiger partial charge < -0.3 is 0 Å². The fourth-order valence-corrected chi connectivity index (χ4v) is 3.67. The van der Waals surface area contributed by atoms with E-state index >= 15 is 0 Å². The molecule has 0 saturated carbocycles. The van der Waals surface area contributed by atoms with Gasteiger partial charge >= 0.3 is 83.2 Å². The average molecular weight is 239 g/mol. The van der Waals surface area contributed by atoms with Gasteiger partial charge in [0.2, 0.25) is 0 Å². The first-order chi connectivity index (χ1) is 6.04. The second-order valence-electron chi connectivity index (χ2n) is 4.21. The molecule has 0 fully saturated rings. The Kier molecular flexibility index (Phi) is 3.42. The molecule has 0 amide bonds. The summed E-state index contributed by atoms with van der Waals surface area (Å²) in [5, 5.41) is 0. The molecule has 0 N–H and O–H groups in total. The topological polar surface area (TPSA) is 9.23 Å². The molecule has 0 aliphatic rings. The van der Waals surface area contributed by atoms with Gasteiger partial charge in [-0.05, 0) is 0 Å². The number of rotatable bonds is 3. The zero-order valence-corrected chi connectivity index (χ0v) is 11.0. The Hall–Kier alpha value is -0.437. The van der Waals surface area contributed by atoms with Crippen molar-refractivity contribution in [2.24, 2.45) is 0 Å². The summed E-state index contributed by atoms with van der Waals surface area (Å²) < 4.78 is 6.93. The summed E-state index contributed by atoms with van der Waals surface area (Å²) in [5.41, 5.74) is 0. The van der Waals surface area contributed by atoms with Crippen molar-refractivity contribution in [2.75, 3.05) is 6.61 Å². The number of ether oxygens (including phenoxy) is 1. The molecule has 0 saturated heterocycles. The van der Waals surface area contributed by atoms with Gasteiger partial charge in [-0.15, -0.1) is 0 Å². The SMILES string of the molecule is CCOc1cc[c]([Ge]([CH3])([CH3])[CH3])cc1. The van der Waals surface area contributed by atoms with E-state index in [9.17, 15) is 0 Å². The Morgan fingerprint density at radius 3 is 2.00 bits per heavy atom. The molecule has 13 heavy (non-hydrogen) atoms. The summed E-state index contributed by atoms with van der Waals surface area (Å²) in [5.74, 6) is 8.18. The van der Waals surface area contributed by atoms with E-state index in [1.165, 1.54) is 4.40 Å². The van der Waals surface area contributed by atoms with Gasteiger partial charge in [0, 0.05) is 0 Å². The Balaban J connectivity index is 2.81. The van der Waals surface area contributed by atoms with Gasteiger partial charge in [-0.3, -0.25) is 0 Å². The van der Waals surface area contributed by atoms with E-state index < -0.39 is 13.3 Å². The summed E-state index contributed by atoms with van der Waals surface area (Å²) in [6.07, 6.45) is 0. The van der Waals surface area contributed by atoms with E-state index in [4.69, 9.17) is 4.74 Å². The molecule has 0 aliphatic heterocycles. The average Bonchev–Trinajstić information content (AvgIpc) is 2.04. The van der Waals surface area contributed by atoms with Crippen LogP contribution in [-0.4, -0.2) is 19.9 Å². The van der Waals surface area contributed by atoms with Crippen molar-refractivity contribution in [1.29, 1.82) is 0 Å². The summed E-state index contributed by atoms with van der Waals surface area (Å²) in [6.45, 7) is 2.76. The molecule has 1 aromatic carbocycles. The molecule has 0 atom stereocenters. The fourth-order valence-electron chi connectivity index (χ4n) is 1.22. The molecule has 1 aromatic rings. The second-order valence-corrected chi connectivity index (χ2v) is 14.9. The van der Waals surface area contributed by atoms with E-state index in [-0.39, 0.29) is 0 Å². The molecule has 0 aromatic heterocycles. The summed E-state index contributed by atoms with van der Waals surface area (Å²) >= 11 is -1.61. The maximum absolute atomic E-state index is 5.39. The van der Waals surface area contributed by atoms with E-state index in [1.54, 1.807) is 0 Å².